The zero-order chi connectivity index (χ0) is 8.20. The number of amides is 1. The van der Waals surface area contributed by atoms with Crippen molar-refractivity contribution in [2.75, 3.05) is 7.11 Å². The fourth-order valence-corrected chi connectivity index (χ4v) is 0.355. The van der Waals surface area contributed by atoms with Gasteiger partial charge in [0.05, 0.1) is 7.11 Å². The Balaban J connectivity index is 4.46. The quantitative estimate of drug-likeness (QED) is 0.391. The van der Waals surface area contributed by atoms with Gasteiger partial charge in [-0.05, 0) is 6.58 Å². The maximum absolute atomic E-state index is 10.3. The Hall–Kier alpha value is -0.950. The summed E-state index contributed by atoms with van der Waals surface area (Å²) in [5, 5.41) is 16.7. The van der Waals surface area contributed by atoms with Gasteiger partial charge in [0.1, 0.15) is 0 Å². The molecule has 0 spiro atoms. The zero-order valence-electron chi connectivity index (χ0n) is 5.44. The average Bonchev–Trinajstić information content (AvgIpc) is 1.92. The molecule has 1 atom stereocenters. The number of hydrogen-bond donors (Lipinski definition) is 3. The van der Waals surface area contributed by atoms with E-state index >= 15 is 0 Å². The molecule has 1 amide bonds. The highest BCUT2D eigenvalue weighted by Gasteiger charge is 2.36. The highest BCUT2D eigenvalue weighted by atomic mass is 16.8. The van der Waals surface area contributed by atoms with Crippen LogP contribution in [-0.4, -0.2) is 28.3 Å². The molecule has 58 valence electrons. The molecular weight excluding hydrogens is 140 g/mol. The van der Waals surface area contributed by atoms with E-state index in [1.165, 1.54) is 5.59 Å². The van der Waals surface area contributed by atoms with Gasteiger partial charge in [-0.25, -0.2) is 0 Å². The van der Waals surface area contributed by atoms with Crippen molar-refractivity contribution in [3.8, 4) is 0 Å². The normalized spacial score (nSPS) is 15.8. The summed E-state index contributed by atoms with van der Waals surface area (Å²) in [6, 6.07) is 0. The highest BCUT2D eigenvalue weighted by Crippen LogP contribution is 2.01. The molecule has 10 heavy (non-hydrogen) atoms. The molecule has 0 saturated heterocycles. The number of nitrogens with zero attached hydrogens (tertiary/aromatic N) is 1. The number of carboxylic acid groups (broad SMARTS) is 1. The minimum atomic E-state index is -1.42. The predicted molar refractivity (Wildman–Crippen MR) is 30.4 cm³/mol. The lowest BCUT2D eigenvalue weighted by atomic mass is 10.9. The summed E-state index contributed by atoms with van der Waals surface area (Å²) in [6.07, 6.45) is -0.539. The third kappa shape index (κ3) is 1.31. The van der Waals surface area contributed by atoms with Gasteiger partial charge in [0.2, 0.25) is 0 Å². The molecule has 0 radical (unpaired) electrons. The molecule has 6 nitrogen and oxygen atoms in total. The summed E-state index contributed by atoms with van der Waals surface area (Å²) in [7, 11) is 1.11. The molecule has 0 aromatic heterocycles. The average molecular weight is 149 g/mol. The third-order valence-electron chi connectivity index (χ3n) is 0.978. The standard InChI is InChI=1S/C4H8N2O4/c1-3-6(5-9,10-2)4(7)8/h3,5,9H,1H2,2H3/p+1. The van der Waals surface area contributed by atoms with Gasteiger partial charge < -0.3 is 5.11 Å². The molecule has 0 aromatic rings. The van der Waals surface area contributed by atoms with Crippen LogP contribution >= 0.6 is 0 Å². The third-order valence-corrected chi connectivity index (χ3v) is 0.978. The van der Waals surface area contributed by atoms with Crippen molar-refractivity contribution in [3.05, 3.63) is 12.8 Å². The highest BCUT2D eigenvalue weighted by molar-refractivity contribution is 5.56. The van der Waals surface area contributed by atoms with Crippen molar-refractivity contribution in [1.82, 2.24) is 5.59 Å². The maximum Gasteiger partial charge on any atom is 0.575 e. The molecule has 3 N–H and O–H groups in total. The van der Waals surface area contributed by atoms with E-state index in [1.54, 1.807) is 0 Å². The lowest BCUT2D eigenvalue weighted by Crippen LogP contribution is -2.54. The molecule has 0 heterocycles. The lowest BCUT2D eigenvalue weighted by molar-refractivity contribution is -1.06. The van der Waals surface area contributed by atoms with Crippen molar-refractivity contribution in [2.24, 2.45) is 0 Å². The van der Waals surface area contributed by atoms with Gasteiger partial charge in [0.25, 0.3) is 0 Å². The molecule has 0 fully saturated rings. The number of hydroxylamine groups is 2. The van der Waals surface area contributed by atoms with Crippen LogP contribution in [0.1, 0.15) is 0 Å². The first-order valence-corrected chi connectivity index (χ1v) is 2.36. The first-order chi connectivity index (χ1) is 4.63. The molecule has 0 aliphatic carbocycles. The van der Waals surface area contributed by atoms with Gasteiger partial charge in [0, 0.05) is 10.3 Å². The smallest absolute Gasteiger partial charge is 0.431 e. The number of nitrogens with one attached hydrogen (secondary N) is 1. The summed E-state index contributed by atoms with van der Waals surface area (Å²) in [4.78, 5) is 14.6. The van der Waals surface area contributed by atoms with E-state index in [0.717, 1.165) is 13.3 Å². The number of rotatable bonds is 3. The second kappa shape index (κ2) is 3.28. The Bertz CT molecular complexity index is 142. The van der Waals surface area contributed by atoms with Crippen molar-refractivity contribution < 1.29 is 24.7 Å². The predicted octanol–water partition coefficient (Wildman–Crippen LogP) is 0.0799. The number of quaternary nitrogens is 1. The van der Waals surface area contributed by atoms with Gasteiger partial charge in [-0.3, -0.25) is 5.21 Å². The molecule has 0 bridgehead atoms. The second-order valence-electron chi connectivity index (χ2n) is 1.41. The van der Waals surface area contributed by atoms with E-state index in [2.05, 4.69) is 11.4 Å². The number of carbonyl (C=O) groups is 1. The molecule has 1 unspecified atom stereocenters. The Morgan fingerprint density at radius 3 is 2.40 bits per heavy atom. The van der Waals surface area contributed by atoms with E-state index < -0.39 is 10.8 Å². The van der Waals surface area contributed by atoms with E-state index in [0.29, 0.717) is 0 Å². The van der Waals surface area contributed by atoms with Crippen LogP contribution in [0.2, 0.25) is 0 Å². The van der Waals surface area contributed by atoms with Crippen LogP contribution in [0.15, 0.2) is 12.8 Å². The summed E-state index contributed by atoms with van der Waals surface area (Å²) < 4.78 is -1.25. The molecule has 0 aliphatic heterocycles. The van der Waals surface area contributed by atoms with Crippen LogP contribution in [-0.2, 0) is 4.84 Å². The van der Waals surface area contributed by atoms with Crippen LogP contribution < -0.4 is 5.59 Å². The summed E-state index contributed by atoms with van der Waals surface area (Å²) in [5.41, 5.74) is 1.41. The minimum Gasteiger partial charge on any atom is -0.431 e. The van der Waals surface area contributed by atoms with Crippen LogP contribution in [0.4, 0.5) is 4.79 Å². The second-order valence-corrected chi connectivity index (χ2v) is 1.41. The van der Waals surface area contributed by atoms with E-state index in [1.807, 2.05) is 0 Å². The van der Waals surface area contributed by atoms with E-state index in [-0.39, 0.29) is 0 Å². The maximum atomic E-state index is 10.3. The van der Waals surface area contributed by atoms with Crippen molar-refractivity contribution in [2.45, 2.75) is 0 Å². The van der Waals surface area contributed by atoms with Crippen molar-refractivity contribution in [1.29, 1.82) is 0 Å². The summed E-state index contributed by atoms with van der Waals surface area (Å²) in [5.74, 6) is 0. The summed E-state index contributed by atoms with van der Waals surface area (Å²) in [6.45, 7) is 3.14. The lowest BCUT2D eigenvalue weighted by Gasteiger charge is -2.18. The van der Waals surface area contributed by atoms with Gasteiger partial charge in [0.15, 0.2) is 6.20 Å². The first-order valence-electron chi connectivity index (χ1n) is 2.36. The first kappa shape index (κ1) is 9.05. The minimum absolute atomic E-state index is 0.877. The SMILES string of the molecule is C=C[N+](NO)(OC)C(=O)O. The van der Waals surface area contributed by atoms with Crippen molar-refractivity contribution >= 4 is 6.09 Å². The van der Waals surface area contributed by atoms with Gasteiger partial charge in [-0.15, -0.1) is 0 Å². The molecule has 0 aliphatic rings. The van der Waals surface area contributed by atoms with Crippen LogP contribution in [0, 0.1) is 0 Å². The van der Waals surface area contributed by atoms with Gasteiger partial charge in [-0.2, -0.15) is 9.63 Å². The van der Waals surface area contributed by atoms with Crippen LogP contribution in [0.3, 0.4) is 0 Å². The molecule has 6 heteroatoms. The zero-order valence-corrected chi connectivity index (χ0v) is 5.44. The molecular formula is C4H9N2O4+. The fourth-order valence-electron chi connectivity index (χ4n) is 0.355. The van der Waals surface area contributed by atoms with Gasteiger partial charge in [-0.1, -0.05) is 0 Å². The van der Waals surface area contributed by atoms with E-state index in [9.17, 15) is 4.79 Å². The summed E-state index contributed by atoms with van der Waals surface area (Å²) >= 11 is 0. The fraction of sp³-hybridized carbons (Fsp3) is 0.250. The van der Waals surface area contributed by atoms with E-state index in [4.69, 9.17) is 10.3 Å². The Morgan fingerprint density at radius 2 is 2.40 bits per heavy atom. The Labute approximate surface area is 57.4 Å². The molecule has 0 aromatic carbocycles. The largest absolute Gasteiger partial charge is 0.575 e. The van der Waals surface area contributed by atoms with Crippen molar-refractivity contribution in [3.63, 3.8) is 0 Å². The molecule has 0 saturated carbocycles. The Morgan fingerprint density at radius 1 is 1.90 bits per heavy atom. The topological polar surface area (TPSA) is 78.8 Å². The van der Waals surface area contributed by atoms with Gasteiger partial charge >= 0.3 is 6.09 Å². The monoisotopic (exact) mass is 149 g/mol. The Kier molecular flexibility index (Phi) is 2.97. The number of hydrogen-bond acceptors (Lipinski definition) is 4. The van der Waals surface area contributed by atoms with Crippen LogP contribution in [0.25, 0.3) is 0 Å². The molecule has 0 rings (SSSR count). The van der Waals surface area contributed by atoms with Crippen LogP contribution in [0.5, 0.6) is 0 Å².